The third-order valence-corrected chi connectivity index (χ3v) is 6.29. The highest BCUT2D eigenvalue weighted by molar-refractivity contribution is 6.30. The summed E-state index contributed by atoms with van der Waals surface area (Å²) in [5.41, 5.74) is 0.280. The Bertz CT molecular complexity index is 1240. The molecule has 0 aliphatic heterocycles. The van der Waals surface area contributed by atoms with Crippen LogP contribution in [-0.4, -0.2) is 37.6 Å². The first kappa shape index (κ1) is 25.7. The molecule has 1 fully saturated rings. The third kappa shape index (κ3) is 4.62. The molecule has 1 saturated carbocycles. The Morgan fingerprint density at radius 1 is 1.00 bits per heavy atom. The molecule has 0 spiro atoms. The number of hydrogen-bond acceptors (Lipinski definition) is 2. The third-order valence-electron chi connectivity index (χ3n) is 6.02. The van der Waals surface area contributed by atoms with Crippen molar-refractivity contribution in [3.8, 4) is 5.69 Å². The van der Waals surface area contributed by atoms with Crippen LogP contribution >= 0.6 is 11.6 Å². The normalized spacial score (nSPS) is 15.6. The van der Waals surface area contributed by atoms with Crippen LogP contribution in [0.5, 0.6) is 0 Å². The van der Waals surface area contributed by atoms with Gasteiger partial charge in [0, 0.05) is 19.3 Å². The summed E-state index contributed by atoms with van der Waals surface area (Å²) in [6.07, 6.45) is -9.17. The molecule has 3 aromatic rings. The maximum absolute atomic E-state index is 14.4. The van der Waals surface area contributed by atoms with Gasteiger partial charge >= 0.3 is 18.4 Å². The Morgan fingerprint density at radius 2 is 1.57 bits per heavy atom. The lowest BCUT2D eigenvalue weighted by Crippen LogP contribution is -2.52. The van der Waals surface area contributed by atoms with E-state index in [1.54, 1.807) is 26.0 Å². The Morgan fingerprint density at radius 3 is 2.06 bits per heavy atom. The van der Waals surface area contributed by atoms with Crippen LogP contribution in [0, 0.1) is 26.7 Å². The minimum Gasteiger partial charge on any atom is -0.284 e. The van der Waals surface area contributed by atoms with Gasteiger partial charge in [0.05, 0.1) is 11.4 Å². The first-order valence-corrected chi connectivity index (χ1v) is 11.0. The molecule has 0 bridgehead atoms. The summed E-state index contributed by atoms with van der Waals surface area (Å²) in [6, 6.07) is -1.77. The molecule has 1 aliphatic rings. The number of benzene rings is 1. The molecule has 4 nitrogen and oxygen atoms in total. The van der Waals surface area contributed by atoms with Gasteiger partial charge in [-0.2, -0.15) is 35.1 Å². The molecular weight excluding hydrogens is 508 g/mol. The van der Waals surface area contributed by atoms with E-state index in [0.29, 0.717) is 29.7 Å². The van der Waals surface area contributed by atoms with E-state index < -0.39 is 48.8 Å². The summed E-state index contributed by atoms with van der Waals surface area (Å²) in [5, 5.41) is -0.0751. The smallest absolute Gasteiger partial charge is 0.284 e. The van der Waals surface area contributed by atoms with E-state index >= 15 is 0 Å². The second-order valence-electron chi connectivity index (χ2n) is 8.97. The molecule has 2 aromatic heterocycles. The zero-order valence-electron chi connectivity index (χ0n) is 18.8. The predicted octanol–water partition coefficient (Wildman–Crippen LogP) is 7.09. The molecule has 192 valence electrons. The molecule has 0 N–H and O–H groups in total. The number of rotatable bonds is 6. The van der Waals surface area contributed by atoms with Gasteiger partial charge in [-0.25, -0.2) is 9.88 Å². The second kappa shape index (κ2) is 8.36. The SMILES string of the molecule is Cc1cc(C)c(-n2c(Cl)cn3c(CN(CC4CC4)C(F)(F)C(F)(F)F)c(C(F)(F)F)nc23)c(C)c1. The van der Waals surface area contributed by atoms with E-state index in [-0.39, 0.29) is 15.8 Å². The molecule has 1 aromatic carbocycles. The number of imidazole rings is 2. The zero-order chi connectivity index (χ0) is 26.1. The predicted molar refractivity (Wildman–Crippen MR) is 113 cm³/mol. The van der Waals surface area contributed by atoms with Crippen LogP contribution < -0.4 is 0 Å². The summed E-state index contributed by atoms with van der Waals surface area (Å²) in [4.78, 5) is 3.39. The number of alkyl halides is 8. The molecule has 1 aliphatic carbocycles. The van der Waals surface area contributed by atoms with Crippen LogP contribution in [0.2, 0.25) is 5.15 Å². The van der Waals surface area contributed by atoms with Crippen molar-refractivity contribution in [1.82, 2.24) is 18.9 Å². The first-order chi connectivity index (χ1) is 16.0. The highest BCUT2D eigenvalue weighted by atomic mass is 35.5. The molecule has 13 heteroatoms. The number of nitrogens with zero attached hydrogens (tertiary/aromatic N) is 4. The Balaban J connectivity index is 1.92. The minimum absolute atomic E-state index is 0.0751. The molecular formula is C22H21ClF8N4. The first-order valence-electron chi connectivity index (χ1n) is 10.7. The van der Waals surface area contributed by atoms with Crippen molar-refractivity contribution in [3.63, 3.8) is 0 Å². The molecule has 4 rings (SSSR count). The Kier molecular flexibility index (Phi) is 6.15. The average molecular weight is 529 g/mol. The minimum atomic E-state index is -5.97. The summed E-state index contributed by atoms with van der Waals surface area (Å²) in [5.74, 6) is -0.791. The number of aromatic nitrogens is 3. The van der Waals surface area contributed by atoms with Crippen molar-refractivity contribution in [2.24, 2.45) is 5.92 Å². The van der Waals surface area contributed by atoms with Gasteiger partial charge in [-0.1, -0.05) is 29.3 Å². The number of hydrogen-bond donors (Lipinski definition) is 0. The Hall–Kier alpha value is -2.34. The van der Waals surface area contributed by atoms with E-state index in [2.05, 4.69) is 4.98 Å². The number of halogens is 9. The quantitative estimate of drug-likeness (QED) is 0.252. The lowest BCUT2D eigenvalue weighted by atomic mass is 10.1. The zero-order valence-corrected chi connectivity index (χ0v) is 19.6. The van der Waals surface area contributed by atoms with E-state index in [1.807, 2.05) is 6.92 Å². The number of fused-ring (bicyclic) bond motifs is 1. The van der Waals surface area contributed by atoms with Gasteiger partial charge in [-0.05, 0) is 50.7 Å². The summed E-state index contributed by atoms with van der Waals surface area (Å²) >= 11 is 6.34. The largest absolute Gasteiger partial charge is 0.469 e. The summed E-state index contributed by atoms with van der Waals surface area (Å²) in [7, 11) is 0. The van der Waals surface area contributed by atoms with Crippen LogP contribution in [0.1, 0.15) is 40.9 Å². The van der Waals surface area contributed by atoms with Crippen molar-refractivity contribution < 1.29 is 35.1 Å². The van der Waals surface area contributed by atoms with Crippen molar-refractivity contribution in [2.45, 2.75) is 58.6 Å². The molecule has 35 heavy (non-hydrogen) atoms. The van der Waals surface area contributed by atoms with Gasteiger partial charge in [-0.3, -0.25) is 8.97 Å². The fraction of sp³-hybridized carbons (Fsp3) is 0.500. The molecule has 2 heterocycles. The fourth-order valence-electron chi connectivity index (χ4n) is 4.37. The average Bonchev–Trinajstić information content (AvgIpc) is 3.36. The lowest BCUT2D eigenvalue weighted by Gasteiger charge is -2.32. The van der Waals surface area contributed by atoms with E-state index in [1.165, 1.54) is 4.57 Å². The van der Waals surface area contributed by atoms with Gasteiger partial charge in [0.1, 0.15) is 5.15 Å². The Labute approximate surface area is 200 Å². The van der Waals surface area contributed by atoms with E-state index in [0.717, 1.165) is 16.2 Å². The van der Waals surface area contributed by atoms with E-state index in [4.69, 9.17) is 11.6 Å². The maximum atomic E-state index is 14.4. The van der Waals surface area contributed by atoms with Gasteiger partial charge in [0.25, 0.3) is 0 Å². The molecule has 0 saturated heterocycles. The summed E-state index contributed by atoms with van der Waals surface area (Å²) in [6.45, 7) is 3.24. The second-order valence-corrected chi connectivity index (χ2v) is 9.36. The van der Waals surface area contributed by atoms with Gasteiger partial charge in [0.15, 0.2) is 5.69 Å². The van der Waals surface area contributed by atoms with Crippen LogP contribution in [-0.2, 0) is 12.7 Å². The monoisotopic (exact) mass is 528 g/mol. The van der Waals surface area contributed by atoms with E-state index in [9.17, 15) is 35.1 Å². The number of aryl methyl sites for hydroxylation is 3. The fourth-order valence-corrected chi connectivity index (χ4v) is 4.62. The molecule has 0 amide bonds. The lowest BCUT2D eigenvalue weighted by molar-refractivity contribution is -0.343. The summed E-state index contributed by atoms with van der Waals surface area (Å²) < 4.78 is 112. The van der Waals surface area contributed by atoms with Gasteiger partial charge in [-0.15, -0.1) is 0 Å². The topological polar surface area (TPSA) is 25.5 Å². The van der Waals surface area contributed by atoms with Gasteiger partial charge < -0.3 is 0 Å². The van der Waals surface area contributed by atoms with Crippen molar-refractivity contribution in [1.29, 1.82) is 0 Å². The maximum Gasteiger partial charge on any atom is 0.469 e. The molecule has 0 atom stereocenters. The highest BCUT2D eigenvalue weighted by Gasteiger charge is 2.62. The molecule has 0 radical (unpaired) electrons. The standard InChI is InChI=1S/C22H21ClF8N4/c1-11-6-12(2)17(13(3)7-11)35-16(23)10-34-15(18(20(24,25)26)32-19(34)35)9-33(8-14-4-5-14)22(30,31)21(27,28)29/h6-7,10,14H,4-5,8-9H2,1-3H3. The van der Waals surface area contributed by atoms with Crippen LogP contribution in [0.25, 0.3) is 11.5 Å². The highest BCUT2D eigenvalue weighted by Crippen LogP contribution is 2.43. The van der Waals surface area contributed by atoms with Gasteiger partial charge in [0.2, 0.25) is 5.78 Å². The van der Waals surface area contributed by atoms with Crippen LogP contribution in [0.15, 0.2) is 18.3 Å². The van der Waals surface area contributed by atoms with Crippen LogP contribution in [0.4, 0.5) is 35.1 Å². The van der Waals surface area contributed by atoms with Crippen LogP contribution in [0.3, 0.4) is 0 Å². The van der Waals surface area contributed by atoms with Crippen molar-refractivity contribution in [2.75, 3.05) is 6.54 Å². The van der Waals surface area contributed by atoms with Crippen molar-refractivity contribution >= 4 is 17.4 Å². The van der Waals surface area contributed by atoms with Crippen molar-refractivity contribution in [3.05, 3.63) is 51.6 Å². The molecule has 0 unspecified atom stereocenters.